The molecule has 1 aromatic heterocycles. The van der Waals surface area contributed by atoms with Crippen LogP contribution in [0, 0.1) is 11.6 Å². The third-order valence-electron chi connectivity index (χ3n) is 3.97. The molecule has 0 saturated heterocycles. The summed E-state index contributed by atoms with van der Waals surface area (Å²) in [5, 5.41) is 19.5. The Morgan fingerprint density at radius 1 is 1.12 bits per heavy atom. The van der Waals surface area contributed by atoms with Gasteiger partial charge in [-0.25, -0.2) is 13.8 Å². The number of hydrogen-bond acceptors (Lipinski definition) is 3. The molecule has 0 aliphatic heterocycles. The lowest BCUT2D eigenvalue weighted by atomic mass is 10.1. The number of aliphatic hydroxyl groups excluding tert-OH is 2. The molecule has 4 nitrogen and oxygen atoms in total. The van der Waals surface area contributed by atoms with E-state index in [1.54, 1.807) is 0 Å². The molecule has 3 aromatic rings. The van der Waals surface area contributed by atoms with Crippen molar-refractivity contribution in [2.75, 3.05) is 6.61 Å². The molecule has 0 fully saturated rings. The SMILES string of the molecule is OCCCc1nc2ccccc2n1CC(O)c1ccc(F)cc1F. The van der Waals surface area contributed by atoms with E-state index in [2.05, 4.69) is 4.98 Å². The fraction of sp³-hybridized carbons (Fsp3) is 0.278. The van der Waals surface area contributed by atoms with Gasteiger partial charge in [-0.3, -0.25) is 0 Å². The van der Waals surface area contributed by atoms with E-state index in [-0.39, 0.29) is 18.7 Å². The molecule has 0 aliphatic rings. The Morgan fingerprint density at radius 3 is 2.67 bits per heavy atom. The maximum absolute atomic E-state index is 13.9. The van der Waals surface area contributed by atoms with Gasteiger partial charge in [-0.2, -0.15) is 0 Å². The van der Waals surface area contributed by atoms with Crippen LogP contribution in [0.4, 0.5) is 8.78 Å². The Kier molecular flexibility index (Phi) is 4.87. The van der Waals surface area contributed by atoms with Crippen molar-refractivity contribution >= 4 is 11.0 Å². The summed E-state index contributed by atoms with van der Waals surface area (Å²) in [5.41, 5.74) is 1.64. The number of aryl methyl sites for hydroxylation is 1. The number of fused-ring (bicyclic) bond motifs is 1. The van der Waals surface area contributed by atoms with E-state index in [0.717, 1.165) is 23.2 Å². The molecule has 0 amide bonds. The maximum atomic E-state index is 13.9. The van der Waals surface area contributed by atoms with E-state index in [4.69, 9.17) is 5.11 Å². The number of imidazole rings is 1. The average Bonchev–Trinajstić information content (AvgIpc) is 2.90. The first kappa shape index (κ1) is 16.5. The number of benzene rings is 2. The molecule has 0 bridgehead atoms. The number of aliphatic hydroxyl groups is 2. The molecular weight excluding hydrogens is 314 g/mol. The van der Waals surface area contributed by atoms with Gasteiger partial charge in [0.1, 0.15) is 17.5 Å². The van der Waals surface area contributed by atoms with Gasteiger partial charge in [0, 0.05) is 24.7 Å². The Labute approximate surface area is 138 Å². The van der Waals surface area contributed by atoms with Gasteiger partial charge in [0.15, 0.2) is 0 Å². The van der Waals surface area contributed by atoms with Crippen LogP contribution in [0.15, 0.2) is 42.5 Å². The first-order chi connectivity index (χ1) is 11.6. The predicted octanol–water partition coefficient (Wildman–Crippen LogP) is 2.97. The van der Waals surface area contributed by atoms with Crippen LogP contribution in [0.3, 0.4) is 0 Å². The van der Waals surface area contributed by atoms with Crippen molar-refractivity contribution in [3.05, 3.63) is 65.5 Å². The fourth-order valence-corrected chi connectivity index (χ4v) is 2.80. The molecule has 2 N–H and O–H groups in total. The lowest BCUT2D eigenvalue weighted by Gasteiger charge is -2.16. The van der Waals surface area contributed by atoms with Gasteiger partial charge in [0.05, 0.1) is 23.7 Å². The van der Waals surface area contributed by atoms with Gasteiger partial charge < -0.3 is 14.8 Å². The minimum Gasteiger partial charge on any atom is -0.396 e. The highest BCUT2D eigenvalue weighted by Gasteiger charge is 2.18. The first-order valence-electron chi connectivity index (χ1n) is 7.78. The van der Waals surface area contributed by atoms with Crippen molar-refractivity contribution in [2.24, 2.45) is 0 Å². The topological polar surface area (TPSA) is 58.3 Å². The van der Waals surface area contributed by atoms with Gasteiger partial charge in [0.2, 0.25) is 0 Å². The summed E-state index contributed by atoms with van der Waals surface area (Å²) in [6.45, 7) is 0.141. The second kappa shape index (κ2) is 7.07. The second-order valence-electron chi connectivity index (χ2n) is 5.64. The minimum atomic E-state index is -1.13. The predicted molar refractivity (Wildman–Crippen MR) is 86.5 cm³/mol. The number of halogens is 2. The zero-order chi connectivity index (χ0) is 17.1. The number of hydrogen-bond donors (Lipinski definition) is 2. The molecule has 24 heavy (non-hydrogen) atoms. The third-order valence-corrected chi connectivity index (χ3v) is 3.97. The van der Waals surface area contributed by atoms with Crippen LogP contribution in [0.5, 0.6) is 0 Å². The highest BCUT2D eigenvalue weighted by molar-refractivity contribution is 5.75. The Hall–Kier alpha value is -2.31. The molecule has 1 heterocycles. The number of aromatic nitrogens is 2. The van der Waals surface area contributed by atoms with E-state index >= 15 is 0 Å². The first-order valence-corrected chi connectivity index (χ1v) is 7.78. The van der Waals surface area contributed by atoms with Crippen molar-refractivity contribution in [2.45, 2.75) is 25.5 Å². The smallest absolute Gasteiger partial charge is 0.131 e. The van der Waals surface area contributed by atoms with Crippen LogP contribution in [0.2, 0.25) is 0 Å². The second-order valence-corrected chi connectivity index (χ2v) is 5.64. The summed E-state index contributed by atoms with van der Waals surface area (Å²) < 4.78 is 28.7. The van der Waals surface area contributed by atoms with Crippen molar-refractivity contribution in [1.82, 2.24) is 9.55 Å². The molecule has 126 valence electrons. The number of para-hydroxylation sites is 2. The molecule has 2 aromatic carbocycles. The molecule has 6 heteroatoms. The fourth-order valence-electron chi connectivity index (χ4n) is 2.80. The summed E-state index contributed by atoms with van der Waals surface area (Å²) in [5.74, 6) is -0.740. The maximum Gasteiger partial charge on any atom is 0.131 e. The van der Waals surface area contributed by atoms with Crippen molar-refractivity contribution < 1.29 is 19.0 Å². The molecule has 0 spiro atoms. The van der Waals surface area contributed by atoms with Crippen LogP contribution in [-0.2, 0) is 13.0 Å². The van der Waals surface area contributed by atoms with Gasteiger partial charge in [-0.05, 0) is 24.6 Å². The molecule has 1 unspecified atom stereocenters. The number of rotatable bonds is 6. The molecule has 0 saturated carbocycles. The van der Waals surface area contributed by atoms with E-state index in [9.17, 15) is 13.9 Å². The molecule has 0 aliphatic carbocycles. The summed E-state index contributed by atoms with van der Waals surface area (Å²) in [7, 11) is 0. The minimum absolute atomic E-state index is 0.0400. The van der Waals surface area contributed by atoms with E-state index in [1.807, 2.05) is 28.8 Å². The monoisotopic (exact) mass is 332 g/mol. The van der Waals surface area contributed by atoms with Gasteiger partial charge in [-0.1, -0.05) is 18.2 Å². The lowest BCUT2D eigenvalue weighted by molar-refractivity contribution is 0.152. The summed E-state index contributed by atoms with van der Waals surface area (Å²) in [4.78, 5) is 4.52. The van der Waals surface area contributed by atoms with Gasteiger partial charge >= 0.3 is 0 Å². The zero-order valence-electron chi connectivity index (χ0n) is 13.0. The highest BCUT2D eigenvalue weighted by atomic mass is 19.1. The van der Waals surface area contributed by atoms with Gasteiger partial charge in [-0.15, -0.1) is 0 Å². The molecular formula is C18H18F2N2O2. The van der Waals surface area contributed by atoms with Gasteiger partial charge in [0.25, 0.3) is 0 Å². The summed E-state index contributed by atoms with van der Waals surface area (Å²) in [6, 6.07) is 10.6. The van der Waals surface area contributed by atoms with Crippen molar-refractivity contribution in [3.8, 4) is 0 Å². The van der Waals surface area contributed by atoms with Crippen LogP contribution in [0.25, 0.3) is 11.0 Å². The van der Waals surface area contributed by atoms with E-state index < -0.39 is 17.7 Å². The largest absolute Gasteiger partial charge is 0.396 e. The molecule has 1 atom stereocenters. The Morgan fingerprint density at radius 2 is 1.92 bits per heavy atom. The Bertz CT molecular complexity index is 848. The van der Waals surface area contributed by atoms with Crippen LogP contribution in [-0.4, -0.2) is 26.4 Å². The quantitative estimate of drug-likeness (QED) is 0.730. The average molecular weight is 332 g/mol. The van der Waals surface area contributed by atoms with Crippen molar-refractivity contribution in [1.29, 1.82) is 0 Å². The van der Waals surface area contributed by atoms with E-state index in [1.165, 1.54) is 6.07 Å². The summed E-state index contributed by atoms with van der Waals surface area (Å²) >= 11 is 0. The third kappa shape index (κ3) is 3.29. The zero-order valence-corrected chi connectivity index (χ0v) is 13.0. The van der Waals surface area contributed by atoms with Crippen molar-refractivity contribution in [3.63, 3.8) is 0 Å². The normalized spacial score (nSPS) is 12.7. The van der Waals surface area contributed by atoms with E-state index in [0.29, 0.717) is 18.7 Å². The Balaban J connectivity index is 1.95. The van der Waals surface area contributed by atoms with Crippen LogP contribution >= 0.6 is 0 Å². The lowest BCUT2D eigenvalue weighted by Crippen LogP contribution is -2.13. The highest BCUT2D eigenvalue weighted by Crippen LogP contribution is 2.24. The number of nitrogens with zero attached hydrogens (tertiary/aromatic N) is 2. The molecule has 3 rings (SSSR count). The van der Waals surface area contributed by atoms with Crippen LogP contribution in [0.1, 0.15) is 23.9 Å². The summed E-state index contributed by atoms with van der Waals surface area (Å²) in [6.07, 6.45) is -0.0372. The molecule has 0 radical (unpaired) electrons. The standard InChI is InChI=1S/C18H18F2N2O2/c19-12-7-8-13(14(20)10-12)17(24)11-22-16-5-2-1-4-15(16)21-18(22)6-3-9-23/h1-2,4-5,7-8,10,17,23-24H,3,6,9,11H2. The van der Waals surface area contributed by atoms with Crippen LogP contribution < -0.4 is 0 Å².